The zero-order valence-corrected chi connectivity index (χ0v) is 14.0. The van der Waals surface area contributed by atoms with E-state index >= 15 is 0 Å². The van der Waals surface area contributed by atoms with Crippen molar-refractivity contribution in [1.82, 2.24) is 0 Å². The van der Waals surface area contributed by atoms with Gasteiger partial charge in [-0.15, -0.1) is 0 Å². The molecule has 0 unspecified atom stereocenters. The Morgan fingerprint density at radius 1 is 1.20 bits per heavy atom. The third-order valence-electron chi connectivity index (χ3n) is 4.16. The van der Waals surface area contributed by atoms with Crippen molar-refractivity contribution >= 4 is 5.78 Å². The molecule has 1 aromatic carbocycles. The molecule has 2 N–H and O–H groups in total. The van der Waals surface area contributed by atoms with Crippen molar-refractivity contribution < 1.29 is 24.5 Å². The van der Waals surface area contributed by atoms with E-state index in [0.717, 1.165) is 18.4 Å². The smallest absolute Gasteiger partial charge is 0.174 e. The van der Waals surface area contributed by atoms with E-state index in [0.29, 0.717) is 23.5 Å². The van der Waals surface area contributed by atoms with Crippen LogP contribution in [0.2, 0.25) is 0 Å². The van der Waals surface area contributed by atoms with Gasteiger partial charge in [-0.3, -0.25) is 4.79 Å². The predicted molar refractivity (Wildman–Crippen MR) is 92.9 cm³/mol. The Labute approximate surface area is 146 Å². The first-order chi connectivity index (χ1) is 12.1. The number of Topliss-reactive ketones (excluding diaryl/α,β-unsaturated/α-hetero) is 1. The monoisotopic (exact) mass is 340 g/mol. The maximum atomic E-state index is 12.5. The van der Waals surface area contributed by atoms with Crippen LogP contribution in [0, 0.1) is 0 Å². The average molecular weight is 340 g/mol. The van der Waals surface area contributed by atoms with E-state index in [1.807, 2.05) is 19.1 Å². The molecule has 0 fully saturated rings. The number of ketones is 1. The van der Waals surface area contributed by atoms with E-state index in [2.05, 4.69) is 6.08 Å². The Morgan fingerprint density at radius 3 is 2.76 bits per heavy atom. The molecule has 1 aromatic rings. The first kappa shape index (κ1) is 16.9. The third-order valence-corrected chi connectivity index (χ3v) is 4.16. The molecule has 25 heavy (non-hydrogen) atoms. The molecular weight excluding hydrogens is 320 g/mol. The number of carbonyl (C=O) groups excluding carboxylic acids is 1. The molecule has 5 nitrogen and oxygen atoms in total. The maximum absolute atomic E-state index is 12.5. The quantitative estimate of drug-likeness (QED) is 0.784. The number of aromatic hydroxyl groups is 2. The summed E-state index contributed by atoms with van der Waals surface area (Å²) in [6.45, 7) is 1.87. The molecule has 130 valence electrons. The zero-order valence-electron chi connectivity index (χ0n) is 14.0. The molecule has 1 heterocycles. The van der Waals surface area contributed by atoms with Crippen molar-refractivity contribution in [3.05, 3.63) is 71.1 Å². The highest BCUT2D eigenvalue weighted by atomic mass is 16.5. The van der Waals surface area contributed by atoms with Crippen LogP contribution in [0.3, 0.4) is 0 Å². The number of rotatable bonds is 5. The molecule has 3 rings (SSSR count). The number of aryl methyl sites for hydroxylation is 1. The summed E-state index contributed by atoms with van der Waals surface area (Å²) in [5.41, 5.74) is 1.78. The van der Waals surface area contributed by atoms with Crippen LogP contribution >= 0.6 is 0 Å². The Balaban J connectivity index is 1.72. The third kappa shape index (κ3) is 3.76. The fourth-order valence-corrected chi connectivity index (χ4v) is 2.77. The van der Waals surface area contributed by atoms with Gasteiger partial charge in [-0.2, -0.15) is 0 Å². The van der Waals surface area contributed by atoms with Crippen LogP contribution in [0.25, 0.3) is 0 Å². The summed E-state index contributed by atoms with van der Waals surface area (Å²) >= 11 is 0. The maximum Gasteiger partial charge on any atom is 0.174 e. The van der Waals surface area contributed by atoms with Crippen molar-refractivity contribution in [1.29, 1.82) is 0 Å². The van der Waals surface area contributed by atoms with Gasteiger partial charge in [-0.05, 0) is 36.5 Å². The van der Waals surface area contributed by atoms with Crippen LogP contribution in [0.4, 0.5) is 0 Å². The van der Waals surface area contributed by atoms with Crippen molar-refractivity contribution in [2.24, 2.45) is 0 Å². The van der Waals surface area contributed by atoms with Gasteiger partial charge in [0.2, 0.25) is 0 Å². The van der Waals surface area contributed by atoms with E-state index in [9.17, 15) is 15.0 Å². The lowest BCUT2D eigenvalue weighted by molar-refractivity contribution is 0.0963. The summed E-state index contributed by atoms with van der Waals surface area (Å²) in [6, 6.07) is 2.71. The van der Waals surface area contributed by atoms with Crippen molar-refractivity contribution in [2.75, 3.05) is 0 Å². The highest BCUT2D eigenvalue weighted by Gasteiger charge is 2.21. The second kappa shape index (κ2) is 7.30. The van der Waals surface area contributed by atoms with Crippen molar-refractivity contribution in [2.45, 2.75) is 32.6 Å². The summed E-state index contributed by atoms with van der Waals surface area (Å²) in [7, 11) is 0. The van der Waals surface area contributed by atoms with E-state index < -0.39 is 0 Å². The molecule has 5 heteroatoms. The number of ether oxygens (including phenoxy) is 2. The average Bonchev–Trinajstić information content (AvgIpc) is 2.63. The molecular formula is C20H20O5. The fraction of sp³-hybridized carbons (Fsp3) is 0.250. The predicted octanol–water partition coefficient (Wildman–Crippen LogP) is 4.24. The van der Waals surface area contributed by atoms with Crippen molar-refractivity contribution in [3.8, 4) is 11.5 Å². The van der Waals surface area contributed by atoms with Gasteiger partial charge in [0.25, 0.3) is 0 Å². The summed E-state index contributed by atoms with van der Waals surface area (Å²) in [5.74, 6) is 0.409. The summed E-state index contributed by atoms with van der Waals surface area (Å²) in [5, 5.41) is 19.7. The van der Waals surface area contributed by atoms with Gasteiger partial charge in [-0.1, -0.05) is 25.2 Å². The molecule has 0 aromatic heterocycles. The zero-order chi connectivity index (χ0) is 17.8. The lowest BCUT2D eigenvalue weighted by atomic mass is 10.0. The van der Waals surface area contributed by atoms with Crippen LogP contribution in [-0.2, 0) is 15.9 Å². The number of hydrogen-bond donors (Lipinski definition) is 2. The minimum atomic E-state index is -0.305. The van der Waals surface area contributed by atoms with Gasteiger partial charge in [-0.25, -0.2) is 0 Å². The Bertz CT molecular complexity index is 812. The number of phenols is 2. The molecule has 1 aliphatic carbocycles. The van der Waals surface area contributed by atoms with Crippen LogP contribution in [0.15, 0.2) is 60.0 Å². The number of allylic oxidation sites excluding steroid dienone is 5. The molecule has 1 aliphatic heterocycles. The minimum absolute atomic E-state index is 0.0180. The number of phenolic OH excluding ortho intramolecular Hbond substituents is 2. The van der Waals surface area contributed by atoms with Crippen molar-refractivity contribution in [3.63, 3.8) is 0 Å². The molecule has 0 radical (unpaired) electrons. The molecule has 0 saturated heterocycles. The minimum Gasteiger partial charge on any atom is -0.508 e. The molecule has 0 bridgehead atoms. The summed E-state index contributed by atoms with van der Waals surface area (Å²) < 4.78 is 11.1. The van der Waals surface area contributed by atoms with Gasteiger partial charge in [0.15, 0.2) is 11.5 Å². The van der Waals surface area contributed by atoms with Crippen LogP contribution < -0.4 is 0 Å². The Hall–Kier alpha value is -2.95. The largest absolute Gasteiger partial charge is 0.508 e. The normalized spacial score (nSPS) is 16.3. The van der Waals surface area contributed by atoms with Gasteiger partial charge in [0.05, 0.1) is 12.0 Å². The van der Waals surface area contributed by atoms with Gasteiger partial charge in [0.1, 0.15) is 29.8 Å². The lowest BCUT2D eigenvalue weighted by Crippen LogP contribution is -2.09. The first-order valence-electron chi connectivity index (χ1n) is 8.25. The van der Waals surface area contributed by atoms with Gasteiger partial charge < -0.3 is 19.7 Å². The highest BCUT2D eigenvalue weighted by Crippen LogP contribution is 2.31. The van der Waals surface area contributed by atoms with E-state index in [1.165, 1.54) is 24.7 Å². The second-order valence-electron chi connectivity index (χ2n) is 5.91. The Kier molecular flexibility index (Phi) is 4.93. The number of carbonyl (C=O) groups is 1. The highest BCUT2D eigenvalue weighted by molar-refractivity contribution is 6.00. The van der Waals surface area contributed by atoms with E-state index in [4.69, 9.17) is 9.47 Å². The van der Waals surface area contributed by atoms with Crippen LogP contribution in [-0.4, -0.2) is 16.0 Å². The molecule has 0 amide bonds. The first-order valence-corrected chi connectivity index (χ1v) is 8.25. The molecule has 2 aliphatic rings. The fourth-order valence-electron chi connectivity index (χ4n) is 2.77. The summed E-state index contributed by atoms with van der Waals surface area (Å²) in [6.07, 6.45) is 11.2. The summed E-state index contributed by atoms with van der Waals surface area (Å²) in [4.78, 5) is 12.5. The Morgan fingerprint density at radius 2 is 2.04 bits per heavy atom. The second-order valence-corrected chi connectivity index (χ2v) is 5.91. The lowest BCUT2D eigenvalue weighted by Gasteiger charge is -2.19. The standard InChI is InChI=1S/C20H20O5/c1-2-13-8-16(19(23)10-17(13)21)18(22)9-15-11-24-12-20(25-15)14-6-4-3-5-7-14/h3-4,6,8,10-12,21,23H,2,5,7,9H2,1H3. The number of benzene rings is 1. The topological polar surface area (TPSA) is 76.0 Å². The molecule has 0 atom stereocenters. The SMILES string of the molecule is CCc1cc(C(=O)CC2=COC=C(C3=CC=CCC3)O2)c(O)cc1O. The molecule has 0 spiro atoms. The van der Waals surface area contributed by atoms with E-state index in [1.54, 1.807) is 0 Å². The van der Waals surface area contributed by atoms with Gasteiger partial charge in [0, 0.05) is 6.07 Å². The number of hydrogen-bond acceptors (Lipinski definition) is 5. The van der Waals surface area contributed by atoms with E-state index in [-0.39, 0.29) is 29.3 Å². The van der Waals surface area contributed by atoms with Gasteiger partial charge >= 0.3 is 0 Å². The van der Waals surface area contributed by atoms with Crippen LogP contribution in [0.1, 0.15) is 42.1 Å². The molecule has 0 saturated carbocycles. The van der Waals surface area contributed by atoms with Crippen LogP contribution in [0.5, 0.6) is 11.5 Å².